The van der Waals surface area contributed by atoms with E-state index in [4.69, 9.17) is 12.2 Å². The summed E-state index contributed by atoms with van der Waals surface area (Å²) in [6, 6.07) is 6.95. The van der Waals surface area contributed by atoms with Crippen LogP contribution in [0.3, 0.4) is 0 Å². The molecule has 0 unspecified atom stereocenters. The Kier molecular flexibility index (Phi) is 5.55. The number of aliphatic imine (C=N–C) groups is 1. The van der Waals surface area contributed by atoms with Crippen molar-refractivity contribution in [3.05, 3.63) is 23.8 Å². The standard InChI is InChI=1S/C16H19F2N5OS/c1-23(2)10-20-13-4-3-12(5-11(13)6-19)21-14(25)22-15(9-24)7-16(17,18)8-15/h3-5,10,24H,7-9H2,1-2H3,(H2,21,22,25)/b20-10+. The zero-order chi connectivity index (χ0) is 18.7. The fraction of sp³-hybridized carbons (Fsp3) is 0.438. The summed E-state index contributed by atoms with van der Waals surface area (Å²) >= 11 is 5.13. The van der Waals surface area contributed by atoms with Crippen molar-refractivity contribution in [2.24, 2.45) is 4.99 Å². The van der Waals surface area contributed by atoms with Crippen molar-refractivity contribution in [3.63, 3.8) is 0 Å². The summed E-state index contributed by atoms with van der Waals surface area (Å²) in [7, 11) is 3.63. The average molecular weight is 367 g/mol. The van der Waals surface area contributed by atoms with Crippen LogP contribution in [-0.4, -0.2) is 53.6 Å². The Morgan fingerprint density at radius 1 is 1.48 bits per heavy atom. The molecule has 0 aliphatic heterocycles. The Bertz CT molecular complexity index is 722. The lowest BCUT2D eigenvalue weighted by Gasteiger charge is -2.47. The summed E-state index contributed by atoms with van der Waals surface area (Å²) in [5.41, 5.74) is 0.266. The molecule has 0 spiro atoms. The molecule has 1 aromatic rings. The van der Waals surface area contributed by atoms with Crippen LogP contribution >= 0.6 is 12.2 Å². The van der Waals surface area contributed by atoms with E-state index in [0.29, 0.717) is 16.9 Å². The maximum absolute atomic E-state index is 13.1. The molecule has 1 aromatic carbocycles. The lowest BCUT2D eigenvalue weighted by atomic mass is 9.74. The third kappa shape index (κ3) is 4.84. The number of halogens is 2. The van der Waals surface area contributed by atoms with Crippen LogP contribution in [0.1, 0.15) is 18.4 Å². The number of thiocarbonyl (C=S) groups is 1. The first-order valence-electron chi connectivity index (χ1n) is 7.51. The van der Waals surface area contributed by atoms with E-state index >= 15 is 0 Å². The van der Waals surface area contributed by atoms with Gasteiger partial charge in [0.25, 0.3) is 5.92 Å². The normalized spacial score (nSPS) is 17.4. The van der Waals surface area contributed by atoms with Gasteiger partial charge in [-0.25, -0.2) is 13.8 Å². The number of aliphatic hydroxyl groups excluding tert-OH is 1. The van der Waals surface area contributed by atoms with Crippen LogP contribution in [0.5, 0.6) is 0 Å². The highest BCUT2D eigenvalue weighted by molar-refractivity contribution is 7.80. The van der Waals surface area contributed by atoms with Gasteiger partial charge in [-0.1, -0.05) is 0 Å². The Morgan fingerprint density at radius 2 is 2.16 bits per heavy atom. The van der Waals surface area contributed by atoms with Crippen molar-refractivity contribution in [2.75, 3.05) is 26.0 Å². The first-order chi connectivity index (χ1) is 11.7. The van der Waals surface area contributed by atoms with Crippen molar-refractivity contribution in [1.82, 2.24) is 10.2 Å². The second-order valence-corrected chi connectivity index (χ2v) is 6.69. The minimum atomic E-state index is -2.79. The van der Waals surface area contributed by atoms with Crippen molar-refractivity contribution < 1.29 is 13.9 Å². The molecule has 1 aliphatic rings. The van der Waals surface area contributed by atoms with Crippen LogP contribution in [0.25, 0.3) is 0 Å². The van der Waals surface area contributed by atoms with E-state index in [1.807, 2.05) is 14.1 Å². The summed E-state index contributed by atoms with van der Waals surface area (Å²) in [6.07, 6.45) is 0.636. The van der Waals surface area contributed by atoms with E-state index in [2.05, 4.69) is 21.7 Å². The molecule has 0 amide bonds. The number of benzene rings is 1. The Labute approximate surface area is 150 Å². The molecule has 0 atom stereocenters. The van der Waals surface area contributed by atoms with Crippen molar-refractivity contribution in [1.29, 1.82) is 5.26 Å². The highest BCUT2D eigenvalue weighted by Crippen LogP contribution is 2.45. The number of nitrogens with one attached hydrogen (secondary N) is 2. The molecule has 0 aromatic heterocycles. The number of nitriles is 1. The van der Waals surface area contributed by atoms with Crippen LogP contribution < -0.4 is 10.6 Å². The van der Waals surface area contributed by atoms with Gasteiger partial charge >= 0.3 is 0 Å². The van der Waals surface area contributed by atoms with Gasteiger partial charge in [-0.15, -0.1) is 0 Å². The SMILES string of the molecule is CN(C)/C=N/c1ccc(NC(=S)NC2(CO)CC(F)(F)C2)cc1C#N. The van der Waals surface area contributed by atoms with Crippen molar-refractivity contribution in [2.45, 2.75) is 24.3 Å². The van der Waals surface area contributed by atoms with Gasteiger partial charge in [0.05, 0.1) is 29.7 Å². The summed E-state index contributed by atoms with van der Waals surface area (Å²) < 4.78 is 26.2. The van der Waals surface area contributed by atoms with Gasteiger partial charge in [0, 0.05) is 32.6 Å². The maximum Gasteiger partial charge on any atom is 0.252 e. The highest BCUT2D eigenvalue weighted by Gasteiger charge is 2.56. The second-order valence-electron chi connectivity index (χ2n) is 6.28. The predicted molar refractivity (Wildman–Crippen MR) is 96.4 cm³/mol. The summed E-state index contributed by atoms with van der Waals surface area (Å²) in [4.78, 5) is 5.94. The van der Waals surface area contributed by atoms with Gasteiger partial charge in [0.2, 0.25) is 0 Å². The van der Waals surface area contributed by atoms with E-state index in [1.54, 1.807) is 29.4 Å². The summed E-state index contributed by atoms with van der Waals surface area (Å²) in [5.74, 6) is -2.79. The number of aliphatic hydroxyl groups is 1. The Morgan fingerprint density at radius 3 is 2.68 bits per heavy atom. The molecular formula is C16H19F2N5OS. The predicted octanol–water partition coefficient (Wildman–Crippen LogP) is 2.23. The number of rotatable bonds is 5. The smallest absolute Gasteiger partial charge is 0.252 e. The molecule has 6 nitrogen and oxygen atoms in total. The van der Waals surface area contributed by atoms with Crippen LogP contribution in [-0.2, 0) is 0 Å². The molecule has 0 bridgehead atoms. The number of nitrogens with zero attached hydrogens (tertiary/aromatic N) is 3. The maximum atomic E-state index is 13.1. The monoisotopic (exact) mass is 367 g/mol. The molecule has 0 saturated heterocycles. The zero-order valence-corrected chi connectivity index (χ0v) is 14.7. The molecule has 1 saturated carbocycles. The molecule has 0 heterocycles. The molecule has 134 valence electrons. The van der Waals surface area contributed by atoms with E-state index in [9.17, 15) is 19.1 Å². The average Bonchev–Trinajstić information content (AvgIpc) is 2.51. The fourth-order valence-electron chi connectivity index (χ4n) is 2.57. The summed E-state index contributed by atoms with van der Waals surface area (Å²) in [5, 5.41) is 24.3. The summed E-state index contributed by atoms with van der Waals surface area (Å²) in [6.45, 7) is -0.438. The molecule has 3 N–H and O–H groups in total. The van der Waals surface area contributed by atoms with Gasteiger partial charge in [0.15, 0.2) is 5.11 Å². The minimum absolute atomic E-state index is 0.109. The first-order valence-corrected chi connectivity index (χ1v) is 7.92. The lowest BCUT2D eigenvalue weighted by molar-refractivity contribution is -0.141. The number of anilines is 1. The third-order valence-electron chi connectivity index (χ3n) is 3.68. The van der Waals surface area contributed by atoms with Crippen LogP contribution in [0.4, 0.5) is 20.2 Å². The highest BCUT2D eigenvalue weighted by atomic mass is 32.1. The molecule has 9 heteroatoms. The molecule has 25 heavy (non-hydrogen) atoms. The van der Waals surface area contributed by atoms with E-state index in [-0.39, 0.29) is 5.11 Å². The topological polar surface area (TPSA) is 83.7 Å². The Balaban J connectivity index is 2.05. The van der Waals surface area contributed by atoms with Gasteiger partial charge < -0.3 is 20.6 Å². The van der Waals surface area contributed by atoms with Crippen LogP contribution in [0, 0.1) is 11.3 Å². The molecule has 1 aliphatic carbocycles. The number of hydrogen-bond acceptors (Lipinski definition) is 4. The molecular weight excluding hydrogens is 348 g/mol. The van der Waals surface area contributed by atoms with Crippen molar-refractivity contribution >= 4 is 35.0 Å². The Hall–Kier alpha value is -2.31. The second kappa shape index (κ2) is 7.29. The quantitative estimate of drug-likeness (QED) is 0.421. The van der Waals surface area contributed by atoms with E-state index in [0.717, 1.165) is 0 Å². The van der Waals surface area contributed by atoms with Gasteiger partial charge in [0.1, 0.15) is 6.07 Å². The van der Waals surface area contributed by atoms with E-state index < -0.39 is 30.9 Å². The third-order valence-corrected chi connectivity index (χ3v) is 3.88. The zero-order valence-electron chi connectivity index (χ0n) is 13.9. The van der Waals surface area contributed by atoms with Crippen LogP contribution in [0.2, 0.25) is 0 Å². The van der Waals surface area contributed by atoms with Crippen molar-refractivity contribution in [3.8, 4) is 6.07 Å². The largest absolute Gasteiger partial charge is 0.394 e. The van der Waals surface area contributed by atoms with E-state index in [1.165, 1.54) is 0 Å². The van der Waals surface area contributed by atoms with Crippen LogP contribution in [0.15, 0.2) is 23.2 Å². The number of hydrogen-bond donors (Lipinski definition) is 3. The lowest BCUT2D eigenvalue weighted by Crippen LogP contribution is -2.65. The molecule has 1 fully saturated rings. The van der Waals surface area contributed by atoms with Gasteiger partial charge in [-0.05, 0) is 30.4 Å². The van der Waals surface area contributed by atoms with Gasteiger partial charge in [-0.2, -0.15) is 5.26 Å². The fourth-order valence-corrected chi connectivity index (χ4v) is 2.91. The number of alkyl halides is 2. The molecule has 2 rings (SSSR count). The molecule has 0 radical (unpaired) electrons. The first kappa shape index (κ1) is 19.0. The van der Waals surface area contributed by atoms with Gasteiger partial charge in [-0.3, -0.25) is 0 Å². The minimum Gasteiger partial charge on any atom is -0.394 e.